The smallest absolute Gasteiger partial charge is 0.00695 e. The molecule has 2 aliphatic rings. The predicted molar refractivity (Wildman–Crippen MR) is 61.4 cm³/mol. The van der Waals surface area contributed by atoms with Crippen molar-refractivity contribution in [2.24, 2.45) is 5.92 Å². The van der Waals surface area contributed by atoms with Crippen molar-refractivity contribution in [3.8, 4) is 0 Å². The van der Waals surface area contributed by atoms with E-state index >= 15 is 0 Å². The fourth-order valence-electron chi connectivity index (χ4n) is 2.97. The van der Waals surface area contributed by atoms with E-state index in [0.717, 1.165) is 18.0 Å². The van der Waals surface area contributed by atoms with Crippen LogP contribution in [0.25, 0.3) is 0 Å². The van der Waals surface area contributed by atoms with E-state index in [1.165, 1.54) is 57.8 Å². The van der Waals surface area contributed by atoms with Crippen LogP contribution in [0, 0.1) is 5.92 Å². The molecule has 0 aromatic rings. The van der Waals surface area contributed by atoms with E-state index in [1.807, 2.05) is 0 Å². The maximum absolute atomic E-state index is 3.82. The molecular formula is C13H25N. The molecule has 82 valence electrons. The fraction of sp³-hybridized carbons (Fsp3) is 1.00. The molecule has 2 saturated carbocycles. The second kappa shape index (κ2) is 5.16. The second-order valence-corrected chi connectivity index (χ2v) is 5.44. The Morgan fingerprint density at radius 3 is 2.29 bits per heavy atom. The second-order valence-electron chi connectivity index (χ2n) is 5.44. The Labute approximate surface area is 88.7 Å². The highest BCUT2D eigenvalue weighted by Crippen LogP contribution is 2.30. The standard InChI is InChI=1S/C13H25N/c1-11(10-12-6-5-7-12)14-13-8-3-2-4-9-13/h11-14H,2-10H2,1H3. The lowest BCUT2D eigenvalue weighted by Gasteiger charge is -2.32. The number of rotatable bonds is 4. The van der Waals surface area contributed by atoms with Crippen LogP contribution in [-0.2, 0) is 0 Å². The molecule has 0 heterocycles. The van der Waals surface area contributed by atoms with Crippen LogP contribution in [0.4, 0.5) is 0 Å². The summed E-state index contributed by atoms with van der Waals surface area (Å²) in [5, 5.41) is 3.82. The third-order valence-electron chi connectivity index (χ3n) is 4.04. The molecule has 0 amide bonds. The molecule has 1 N–H and O–H groups in total. The summed E-state index contributed by atoms with van der Waals surface area (Å²) in [4.78, 5) is 0. The Hall–Kier alpha value is -0.0400. The third kappa shape index (κ3) is 2.98. The van der Waals surface area contributed by atoms with E-state index in [1.54, 1.807) is 0 Å². The molecule has 0 aromatic carbocycles. The zero-order chi connectivity index (χ0) is 9.80. The van der Waals surface area contributed by atoms with Crippen molar-refractivity contribution in [2.45, 2.75) is 76.8 Å². The van der Waals surface area contributed by atoms with Crippen LogP contribution in [0.15, 0.2) is 0 Å². The lowest BCUT2D eigenvalue weighted by Crippen LogP contribution is -2.39. The van der Waals surface area contributed by atoms with Crippen molar-refractivity contribution in [3.63, 3.8) is 0 Å². The van der Waals surface area contributed by atoms with Crippen molar-refractivity contribution in [1.82, 2.24) is 5.32 Å². The van der Waals surface area contributed by atoms with Gasteiger partial charge in [-0.2, -0.15) is 0 Å². The van der Waals surface area contributed by atoms with Crippen molar-refractivity contribution in [3.05, 3.63) is 0 Å². The molecule has 2 fully saturated rings. The number of nitrogens with one attached hydrogen (secondary N) is 1. The summed E-state index contributed by atoms with van der Waals surface area (Å²) >= 11 is 0. The summed E-state index contributed by atoms with van der Waals surface area (Å²) in [6.07, 6.45) is 13.1. The van der Waals surface area contributed by atoms with Gasteiger partial charge in [0.25, 0.3) is 0 Å². The van der Waals surface area contributed by atoms with Gasteiger partial charge in [0.1, 0.15) is 0 Å². The zero-order valence-corrected chi connectivity index (χ0v) is 9.60. The van der Waals surface area contributed by atoms with Crippen LogP contribution >= 0.6 is 0 Å². The van der Waals surface area contributed by atoms with Gasteiger partial charge in [-0.15, -0.1) is 0 Å². The molecular weight excluding hydrogens is 170 g/mol. The molecule has 2 aliphatic carbocycles. The topological polar surface area (TPSA) is 12.0 Å². The Kier molecular flexibility index (Phi) is 3.86. The Balaban J connectivity index is 1.62. The van der Waals surface area contributed by atoms with E-state index in [0.29, 0.717) is 0 Å². The monoisotopic (exact) mass is 195 g/mol. The Morgan fingerprint density at radius 2 is 1.71 bits per heavy atom. The van der Waals surface area contributed by atoms with Gasteiger partial charge in [-0.1, -0.05) is 38.5 Å². The first-order valence-electron chi connectivity index (χ1n) is 6.60. The van der Waals surface area contributed by atoms with E-state index < -0.39 is 0 Å². The highest BCUT2D eigenvalue weighted by molar-refractivity contribution is 4.79. The predicted octanol–water partition coefficient (Wildman–Crippen LogP) is 3.49. The van der Waals surface area contributed by atoms with Crippen LogP contribution in [0.2, 0.25) is 0 Å². The van der Waals surface area contributed by atoms with E-state index in [4.69, 9.17) is 0 Å². The molecule has 14 heavy (non-hydrogen) atoms. The molecule has 0 bridgehead atoms. The summed E-state index contributed by atoms with van der Waals surface area (Å²) in [5.41, 5.74) is 0. The largest absolute Gasteiger partial charge is 0.311 e. The normalized spacial score (nSPS) is 27.2. The maximum atomic E-state index is 3.82. The summed E-state index contributed by atoms with van der Waals surface area (Å²) in [5.74, 6) is 1.06. The van der Waals surface area contributed by atoms with Crippen LogP contribution in [0.3, 0.4) is 0 Å². The molecule has 0 radical (unpaired) electrons. The van der Waals surface area contributed by atoms with E-state index in [-0.39, 0.29) is 0 Å². The van der Waals surface area contributed by atoms with E-state index in [9.17, 15) is 0 Å². The molecule has 0 saturated heterocycles. The molecule has 1 nitrogen and oxygen atoms in total. The van der Waals surface area contributed by atoms with Gasteiger partial charge in [0.15, 0.2) is 0 Å². The number of hydrogen-bond acceptors (Lipinski definition) is 1. The van der Waals surface area contributed by atoms with Gasteiger partial charge in [-0.05, 0) is 32.1 Å². The van der Waals surface area contributed by atoms with Crippen LogP contribution in [-0.4, -0.2) is 12.1 Å². The molecule has 0 aromatic heterocycles. The molecule has 2 rings (SSSR count). The van der Waals surface area contributed by atoms with Crippen molar-refractivity contribution < 1.29 is 0 Å². The van der Waals surface area contributed by atoms with Crippen LogP contribution in [0.5, 0.6) is 0 Å². The summed E-state index contributed by atoms with van der Waals surface area (Å²) < 4.78 is 0. The fourth-order valence-corrected chi connectivity index (χ4v) is 2.97. The first-order chi connectivity index (χ1) is 6.84. The lowest BCUT2D eigenvalue weighted by molar-refractivity contribution is 0.246. The summed E-state index contributed by atoms with van der Waals surface area (Å²) in [7, 11) is 0. The van der Waals surface area contributed by atoms with Crippen molar-refractivity contribution in [1.29, 1.82) is 0 Å². The minimum Gasteiger partial charge on any atom is -0.311 e. The van der Waals surface area contributed by atoms with Gasteiger partial charge < -0.3 is 5.32 Å². The molecule has 0 aliphatic heterocycles. The Bertz CT molecular complexity index is 157. The molecule has 0 spiro atoms. The van der Waals surface area contributed by atoms with Crippen molar-refractivity contribution >= 4 is 0 Å². The van der Waals surface area contributed by atoms with Gasteiger partial charge in [0, 0.05) is 12.1 Å². The molecule has 1 unspecified atom stereocenters. The average Bonchev–Trinajstić information content (AvgIpc) is 2.13. The van der Waals surface area contributed by atoms with Crippen LogP contribution < -0.4 is 5.32 Å². The van der Waals surface area contributed by atoms with Gasteiger partial charge >= 0.3 is 0 Å². The quantitative estimate of drug-likeness (QED) is 0.724. The summed E-state index contributed by atoms with van der Waals surface area (Å²) in [6, 6.07) is 1.61. The average molecular weight is 195 g/mol. The molecule has 1 atom stereocenters. The van der Waals surface area contributed by atoms with Gasteiger partial charge in [0.05, 0.1) is 0 Å². The van der Waals surface area contributed by atoms with Crippen molar-refractivity contribution in [2.75, 3.05) is 0 Å². The van der Waals surface area contributed by atoms with Gasteiger partial charge in [0.2, 0.25) is 0 Å². The Morgan fingerprint density at radius 1 is 1.00 bits per heavy atom. The first-order valence-corrected chi connectivity index (χ1v) is 6.60. The summed E-state index contributed by atoms with van der Waals surface area (Å²) in [6.45, 7) is 2.38. The number of hydrogen-bond donors (Lipinski definition) is 1. The van der Waals surface area contributed by atoms with E-state index in [2.05, 4.69) is 12.2 Å². The van der Waals surface area contributed by atoms with Gasteiger partial charge in [-0.3, -0.25) is 0 Å². The highest BCUT2D eigenvalue weighted by atomic mass is 14.9. The molecule has 1 heteroatoms. The first kappa shape index (κ1) is 10.5. The van der Waals surface area contributed by atoms with Gasteiger partial charge in [-0.25, -0.2) is 0 Å². The zero-order valence-electron chi connectivity index (χ0n) is 9.60. The highest BCUT2D eigenvalue weighted by Gasteiger charge is 2.21. The minimum absolute atomic E-state index is 0.767. The minimum atomic E-state index is 0.767. The SMILES string of the molecule is CC(CC1CCC1)NC1CCCCC1. The van der Waals surface area contributed by atoms with Crippen LogP contribution in [0.1, 0.15) is 64.7 Å². The third-order valence-corrected chi connectivity index (χ3v) is 4.04. The maximum Gasteiger partial charge on any atom is 0.00695 e. The lowest BCUT2D eigenvalue weighted by atomic mass is 9.81.